The maximum Gasteiger partial charge on any atom is 0.355 e. The highest BCUT2D eigenvalue weighted by molar-refractivity contribution is 7.09. The van der Waals surface area contributed by atoms with E-state index in [9.17, 15) is 4.79 Å². The molecule has 5 heteroatoms. The van der Waals surface area contributed by atoms with Crippen molar-refractivity contribution in [3.05, 3.63) is 16.1 Å². The second-order valence-corrected chi connectivity index (χ2v) is 4.31. The van der Waals surface area contributed by atoms with Crippen molar-refractivity contribution >= 4 is 17.3 Å². The van der Waals surface area contributed by atoms with Crippen molar-refractivity contribution in [1.82, 2.24) is 10.3 Å². The van der Waals surface area contributed by atoms with Crippen LogP contribution in [0.4, 0.5) is 0 Å². The highest BCUT2D eigenvalue weighted by Gasteiger charge is 2.19. The molecule has 2 N–H and O–H groups in total. The summed E-state index contributed by atoms with van der Waals surface area (Å²) in [4.78, 5) is 14.7. The Morgan fingerprint density at radius 2 is 2.57 bits per heavy atom. The number of piperidine rings is 1. The fraction of sp³-hybridized carbons (Fsp3) is 0.556. The largest absolute Gasteiger partial charge is 0.476 e. The van der Waals surface area contributed by atoms with E-state index in [1.165, 1.54) is 11.3 Å². The fourth-order valence-corrected chi connectivity index (χ4v) is 2.57. The van der Waals surface area contributed by atoms with Gasteiger partial charge in [0.05, 0.1) is 5.01 Å². The third-order valence-corrected chi connectivity index (χ3v) is 3.39. The van der Waals surface area contributed by atoms with Gasteiger partial charge in [0.1, 0.15) is 0 Å². The second-order valence-electron chi connectivity index (χ2n) is 3.42. The summed E-state index contributed by atoms with van der Waals surface area (Å²) in [6.45, 7) is 1.99. The number of hydrogen-bond donors (Lipinski definition) is 2. The summed E-state index contributed by atoms with van der Waals surface area (Å²) in [7, 11) is 0. The van der Waals surface area contributed by atoms with E-state index in [0.717, 1.165) is 30.9 Å². The number of carboxylic acid groups (broad SMARTS) is 1. The zero-order chi connectivity index (χ0) is 9.97. The van der Waals surface area contributed by atoms with E-state index in [0.29, 0.717) is 5.92 Å². The number of aromatic nitrogens is 1. The van der Waals surface area contributed by atoms with Gasteiger partial charge >= 0.3 is 5.97 Å². The highest BCUT2D eigenvalue weighted by Crippen LogP contribution is 2.25. The predicted octanol–water partition coefficient (Wildman–Crippen LogP) is 1.31. The lowest BCUT2D eigenvalue weighted by Crippen LogP contribution is -2.28. The molecular formula is C9H12N2O2S. The van der Waals surface area contributed by atoms with E-state index in [2.05, 4.69) is 10.3 Å². The first-order valence-corrected chi connectivity index (χ1v) is 5.55. The first kappa shape index (κ1) is 9.61. The molecule has 1 atom stereocenters. The zero-order valence-electron chi connectivity index (χ0n) is 7.69. The van der Waals surface area contributed by atoms with Gasteiger partial charge in [-0.3, -0.25) is 0 Å². The van der Waals surface area contributed by atoms with E-state index in [4.69, 9.17) is 5.11 Å². The monoisotopic (exact) mass is 212 g/mol. The molecule has 0 aliphatic carbocycles. The Balaban J connectivity index is 2.11. The van der Waals surface area contributed by atoms with Crippen molar-refractivity contribution in [3.63, 3.8) is 0 Å². The SMILES string of the molecule is O=C(O)c1csc(C2CCCNC2)n1. The van der Waals surface area contributed by atoms with Crippen LogP contribution in [-0.4, -0.2) is 29.1 Å². The van der Waals surface area contributed by atoms with E-state index in [-0.39, 0.29) is 5.69 Å². The Labute approximate surface area is 86.0 Å². The molecule has 0 bridgehead atoms. The molecule has 2 heterocycles. The summed E-state index contributed by atoms with van der Waals surface area (Å²) in [5, 5.41) is 14.6. The number of carbonyl (C=O) groups is 1. The minimum Gasteiger partial charge on any atom is -0.476 e. The Bertz CT molecular complexity index is 331. The Morgan fingerprint density at radius 1 is 1.71 bits per heavy atom. The fourth-order valence-electron chi connectivity index (χ4n) is 1.64. The van der Waals surface area contributed by atoms with Crippen LogP contribution < -0.4 is 5.32 Å². The minimum atomic E-state index is -0.934. The third kappa shape index (κ3) is 1.93. The number of nitrogens with zero attached hydrogens (tertiary/aromatic N) is 1. The quantitative estimate of drug-likeness (QED) is 0.776. The lowest BCUT2D eigenvalue weighted by molar-refractivity contribution is 0.0691. The smallest absolute Gasteiger partial charge is 0.355 e. The number of aromatic carboxylic acids is 1. The summed E-state index contributed by atoms with van der Waals surface area (Å²) < 4.78 is 0. The molecule has 4 nitrogen and oxygen atoms in total. The molecule has 1 fully saturated rings. The number of rotatable bonds is 2. The van der Waals surface area contributed by atoms with Crippen molar-refractivity contribution in [1.29, 1.82) is 0 Å². The number of nitrogens with one attached hydrogen (secondary N) is 1. The summed E-state index contributed by atoms with van der Waals surface area (Å²) in [5.41, 5.74) is 0.176. The molecule has 1 aromatic rings. The molecule has 2 rings (SSSR count). The maximum absolute atomic E-state index is 10.6. The summed E-state index contributed by atoms with van der Waals surface area (Å²) in [6.07, 6.45) is 2.26. The molecule has 0 spiro atoms. The Hall–Kier alpha value is -0.940. The Kier molecular flexibility index (Phi) is 2.79. The van der Waals surface area contributed by atoms with Crippen molar-refractivity contribution in [2.45, 2.75) is 18.8 Å². The van der Waals surface area contributed by atoms with E-state index < -0.39 is 5.97 Å². The van der Waals surface area contributed by atoms with Gasteiger partial charge in [0, 0.05) is 17.8 Å². The average molecular weight is 212 g/mol. The normalized spacial score (nSPS) is 22.1. The first-order chi connectivity index (χ1) is 6.77. The maximum atomic E-state index is 10.6. The third-order valence-electron chi connectivity index (χ3n) is 2.39. The molecule has 1 aliphatic heterocycles. The van der Waals surface area contributed by atoms with Gasteiger partial charge in [0.15, 0.2) is 5.69 Å². The van der Waals surface area contributed by atoms with Gasteiger partial charge in [0.2, 0.25) is 0 Å². The van der Waals surface area contributed by atoms with Crippen LogP contribution in [0.25, 0.3) is 0 Å². The zero-order valence-corrected chi connectivity index (χ0v) is 8.51. The van der Waals surface area contributed by atoms with Crippen molar-refractivity contribution in [2.75, 3.05) is 13.1 Å². The summed E-state index contributed by atoms with van der Waals surface area (Å²) in [6, 6.07) is 0. The van der Waals surface area contributed by atoms with Crippen molar-refractivity contribution in [3.8, 4) is 0 Å². The Morgan fingerprint density at radius 3 is 3.14 bits per heavy atom. The highest BCUT2D eigenvalue weighted by atomic mass is 32.1. The van der Waals surface area contributed by atoms with Crippen LogP contribution in [-0.2, 0) is 0 Å². The van der Waals surface area contributed by atoms with Gasteiger partial charge in [-0.05, 0) is 19.4 Å². The molecule has 1 aromatic heterocycles. The standard InChI is InChI=1S/C9H12N2O2S/c12-9(13)7-5-14-8(11-7)6-2-1-3-10-4-6/h5-6,10H,1-4H2,(H,12,13). The molecule has 0 aromatic carbocycles. The molecule has 76 valence electrons. The lowest BCUT2D eigenvalue weighted by atomic mass is 10.0. The van der Waals surface area contributed by atoms with Crippen LogP contribution >= 0.6 is 11.3 Å². The first-order valence-electron chi connectivity index (χ1n) is 4.67. The molecular weight excluding hydrogens is 200 g/mol. The van der Waals surface area contributed by atoms with Crippen LogP contribution in [0.5, 0.6) is 0 Å². The summed E-state index contributed by atoms with van der Waals surface area (Å²) in [5.74, 6) is -0.530. The van der Waals surface area contributed by atoms with Crippen LogP contribution in [0.15, 0.2) is 5.38 Å². The van der Waals surface area contributed by atoms with Gasteiger partial charge in [-0.2, -0.15) is 0 Å². The van der Waals surface area contributed by atoms with Gasteiger partial charge < -0.3 is 10.4 Å². The molecule has 1 aliphatic rings. The minimum absolute atomic E-state index is 0.176. The topological polar surface area (TPSA) is 62.2 Å². The molecule has 14 heavy (non-hydrogen) atoms. The summed E-state index contributed by atoms with van der Waals surface area (Å²) >= 11 is 1.45. The van der Waals surface area contributed by atoms with Gasteiger partial charge in [0.25, 0.3) is 0 Å². The van der Waals surface area contributed by atoms with Gasteiger partial charge in [-0.25, -0.2) is 9.78 Å². The predicted molar refractivity (Wildman–Crippen MR) is 53.9 cm³/mol. The molecule has 1 saturated heterocycles. The van der Waals surface area contributed by atoms with Gasteiger partial charge in [-0.15, -0.1) is 11.3 Å². The lowest BCUT2D eigenvalue weighted by Gasteiger charge is -2.20. The van der Waals surface area contributed by atoms with Crippen LogP contribution in [0.3, 0.4) is 0 Å². The van der Waals surface area contributed by atoms with Gasteiger partial charge in [-0.1, -0.05) is 0 Å². The number of carboxylic acids is 1. The second kappa shape index (κ2) is 4.06. The van der Waals surface area contributed by atoms with E-state index in [1.54, 1.807) is 5.38 Å². The number of thiazole rings is 1. The average Bonchev–Trinajstić information content (AvgIpc) is 2.68. The molecule has 0 radical (unpaired) electrons. The number of hydrogen-bond acceptors (Lipinski definition) is 4. The van der Waals surface area contributed by atoms with Crippen molar-refractivity contribution < 1.29 is 9.90 Å². The van der Waals surface area contributed by atoms with Crippen molar-refractivity contribution in [2.24, 2.45) is 0 Å². The van der Waals surface area contributed by atoms with E-state index >= 15 is 0 Å². The van der Waals surface area contributed by atoms with Crippen LogP contribution in [0.2, 0.25) is 0 Å². The van der Waals surface area contributed by atoms with Crippen LogP contribution in [0, 0.1) is 0 Å². The van der Waals surface area contributed by atoms with E-state index in [1.807, 2.05) is 0 Å². The molecule has 1 unspecified atom stereocenters. The van der Waals surface area contributed by atoms with Crippen LogP contribution in [0.1, 0.15) is 34.3 Å². The molecule has 0 amide bonds. The molecule has 0 saturated carbocycles.